The molecule has 0 saturated carbocycles. The molecule has 0 aliphatic rings. The Morgan fingerprint density at radius 3 is 2.61 bits per heavy atom. The standard InChI is InChI=1S/C15H18N2O/c1-11-6-7-15(12(8-11)10-16)17(2)13-4-3-5-14(18)9-13/h3-9,18H,10,16H2,1-2H3. The molecule has 0 aliphatic heterocycles. The van der Waals surface area contributed by atoms with Crippen molar-refractivity contribution in [3.05, 3.63) is 53.6 Å². The molecule has 0 fully saturated rings. The molecular formula is C15H18N2O. The van der Waals surface area contributed by atoms with Gasteiger partial charge in [-0.15, -0.1) is 0 Å². The fraction of sp³-hybridized carbons (Fsp3) is 0.200. The van der Waals surface area contributed by atoms with Crippen molar-refractivity contribution in [1.29, 1.82) is 0 Å². The van der Waals surface area contributed by atoms with Crippen LogP contribution in [0.15, 0.2) is 42.5 Å². The van der Waals surface area contributed by atoms with E-state index >= 15 is 0 Å². The summed E-state index contributed by atoms with van der Waals surface area (Å²) in [6.45, 7) is 2.55. The van der Waals surface area contributed by atoms with Crippen LogP contribution in [0.5, 0.6) is 5.75 Å². The predicted molar refractivity (Wildman–Crippen MR) is 75.2 cm³/mol. The first-order chi connectivity index (χ1) is 8.61. The Kier molecular flexibility index (Phi) is 3.53. The smallest absolute Gasteiger partial charge is 0.117 e. The first-order valence-corrected chi connectivity index (χ1v) is 5.94. The monoisotopic (exact) mass is 242 g/mol. The lowest BCUT2D eigenvalue weighted by atomic mass is 10.1. The van der Waals surface area contributed by atoms with Gasteiger partial charge in [0.25, 0.3) is 0 Å². The second kappa shape index (κ2) is 5.10. The third kappa shape index (κ3) is 2.46. The van der Waals surface area contributed by atoms with Gasteiger partial charge in [0.1, 0.15) is 5.75 Å². The summed E-state index contributed by atoms with van der Waals surface area (Å²) in [4.78, 5) is 2.03. The van der Waals surface area contributed by atoms with Gasteiger partial charge >= 0.3 is 0 Å². The van der Waals surface area contributed by atoms with Gasteiger partial charge in [0.2, 0.25) is 0 Å². The zero-order valence-electron chi connectivity index (χ0n) is 10.7. The second-order valence-corrected chi connectivity index (χ2v) is 4.42. The van der Waals surface area contributed by atoms with Gasteiger partial charge in [-0.1, -0.05) is 23.8 Å². The second-order valence-electron chi connectivity index (χ2n) is 4.42. The van der Waals surface area contributed by atoms with Crippen LogP contribution in [0.2, 0.25) is 0 Å². The number of hydrogen-bond donors (Lipinski definition) is 2. The van der Waals surface area contributed by atoms with E-state index in [9.17, 15) is 5.11 Å². The highest BCUT2D eigenvalue weighted by atomic mass is 16.3. The Hall–Kier alpha value is -2.00. The van der Waals surface area contributed by atoms with E-state index in [1.807, 2.05) is 24.1 Å². The summed E-state index contributed by atoms with van der Waals surface area (Å²) < 4.78 is 0. The maximum absolute atomic E-state index is 9.53. The van der Waals surface area contributed by atoms with Crippen molar-refractivity contribution >= 4 is 11.4 Å². The van der Waals surface area contributed by atoms with E-state index in [0.29, 0.717) is 6.54 Å². The molecule has 2 aromatic rings. The van der Waals surface area contributed by atoms with Crippen LogP contribution >= 0.6 is 0 Å². The van der Waals surface area contributed by atoms with E-state index in [2.05, 4.69) is 25.1 Å². The number of aryl methyl sites for hydroxylation is 1. The van der Waals surface area contributed by atoms with Gasteiger partial charge in [0, 0.05) is 31.0 Å². The number of phenols is 1. The molecule has 3 nitrogen and oxygen atoms in total. The van der Waals surface area contributed by atoms with Crippen molar-refractivity contribution in [2.45, 2.75) is 13.5 Å². The van der Waals surface area contributed by atoms with Crippen LogP contribution in [0.4, 0.5) is 11.4 Å². The summed E-state index contributed by atoms with van der Waals surface area (Å²) in [5.74, 6) is 0.265. The fourth-order valence-electron chi connectivity index (χ4n) is 2.05. The Labute approximate surface area is 107 Å². The van der Waals surface area contributed by atoms with Crippen LogP contribution in [0.25, 0.3) is 0 Å². The minimum atomic E-state index is 0.265. The molecule has 0 amide bonds. The Balaban J connectivity index is 2.42. The van der Waals surface area contributed by atoms with E-state index in [-0.39, 0.29) is 5.75 Å². The van der Waals surface area contributed by atoms with Gasteiger partial charge < -0.3 is 15.7 Å². The third-order valence-corrected chi connectivity index (χ3v) is 3.03. The molecule has 18 heavy (non-hydrogen) atoms. The molecule has 0 heterocycles. The minimum Gasteiger partial charge on any atom is -0.508 e. The topological polar surface area (TPSA) is 49.5 Å². The normalized spacial score (nSPS) is 10.4. The number of hydrogen-bond acceptors (Lipinski definition) is 3. The van der Waals surface area contributed by atoms with Crippen LogP contribution in [0.3, 0.4) is 0 Å². The Morgan fingerprint density at radius 2 is 1.94 bits per heavy atom. The zero-order chi connectivity index (χ0) is 13.1. The summed E-state index contributed by atoms with van der Waals surface area (Å²) in [5.41, 5.74) is 10.1. The number of benzene rings is 2. The van der Waals surface area contributed by atoms with E-state index < -0.39 is 0 Å². The number of nitrogens with two attached hydrogens (primary N) is 1. The minimum absolute atomic E-state index is 0.265. The van der Waals surface area contributed by atoms with Gasteiger partial charge in [0.05, 0.1) is 0 Å². The molecule has 94 valence electrons. The summed E-state index contributed by atoms with van der Waals surface area (Å²) in [7, 11) is 1.97. The highest BCUT2D eigenvalue weighted by Crippen LogP contribution is 2.29. The highest BCUT2D eigenvalue weighted by molar-refractivity contribution is 5.67. The molecule has 0 aromatic heterocycles. The first kappa shape index (κ1) is 12.5. The molecule has 3 heteroatoms. The number of nitrogens with zero attached hydrogens (tertiary/aromatic N) is 1. The van der Waals surface area contributed by atoms with Crippen LogP contribution < -0.4 is 10.6 Å². The van der Waals surface area contributed by atoms with Gasteiger partial charge in [-0.25, -0.2) is 0 Å². The molecule has 3 N–H and O–H groups in total. The Bertz CT molecular complexity index is 552. The van der Waals surface area contributed by atoms with Crippen molar-refractivity contribution in [2.24, 2.45) is 5.73 Å². The summed E-state index contributed by atoms with van der Waals surface area (Å²) in [6, 6.07) is 13.4. The summed E-state index contributed by atoms with van der Waals surface area (Å²) >= 11 is 0. The number of aromatic hydroxyl groups is 1. The molecule has 0 aliphatic carbocycles. The lowest BCUT2D eigenvalue weighted by molar-refractivity contribution is 0.475. The maximum Gasteiger partial charge on any atom is 0.117 e. The molecule has 2 aromatic carbocycles. The van der Waals surface area contributed by atoms with Gasteiger partial charge in [-0.3, -0.25) is 0 Å². The number of phenolic OH excluding ortho intramolecular Hbond substituents is 1. The van der Waals surface area contributed by atoms with Gasteiger partial charge in [0.15, 0.2) is 0 Å². The van der Waals surface area contributed by atoms with E-state index in [4.69, 9.17) is 5.73 Å². The number of rotatable bonds is 3. The lowest BCUT2D eigenvalue weighted by Crippen LogP contribution is -2.13. The van der Waals surface area contributed by atoms with Crippen molar-refractivity contribution in [2.75, 3.05) is 11.9 Å². The highest BCUT2D eigenvalue weighted by Gasteiger charge is 2.09. The largest absolute Gasteiger partial charge is 0.508 e. The van der Waals surface area contributed by atoms with Gasteiger partial charge in [-0.2, -0.15) is 0 Å². The maximum atomic E-state index is 9.53. The molecule has 0 spiro atoms. The van der Waals surface area contributed by atoms with Crippen LogP contribution in [0, 0.1) is 6.92 Å². The van der Waals surface area contributed by atoms with Crippen molar-refractivity contribution in [3.63, 3.8) is 0 Å². The summed E-state index contributed by atoms with van der Waals surface area (Å²) in [5, 5.41) is 9.53. The number of anilines is 2. The third-order valence-electron chi connectivity index (χ3n) is 3.03. The predicted octanol–water partition coefficient (Wildman–Crippen LogP) is 2.93. The fourth-order valence-corrected chi connectivity index (χ4v) is 2.05. The average molecular weight is 242 g/mol. The molecule has 2 rings (SSSR count). The zero-order valence-corrected chi connectivity index (χ0v) is 10.7. The molecule has 0 radical (unpaired) electrons. The molecule has 0 unspecified atom stereocenters. The van der Waals surface area contributed by atoms with E-state index in [1.165, 1.54) is 5.56 Å². The van der Waals surface area contributed by atoms with Gasteiger partial charge in [-0.05, 0) is 30.7 Å². The van der Waals surface area contributed by atoms with Crippen molar-refractivity contribution in [1.82, 2.24) is 0 Å². The van der Waals surface area contributed by atoms with Crippen molar-refractivity contribution in [3.8, 4) is 5.75 Å². The van der Waals surface area contributed by atoms with E-state index in [1.54, 1.807) is 12.1 Å². The van der Waals surface area contributed by atoms with Crippen LogP contribution in [0.1, 0.15) is 11.1 Å². The summed E-state index contributed by atoms with van der Waals surface area (Å²) in [6.07, 6.45) is 0. The van der Waals surface area contributed by atoms with Crippen LogP contribution in [-0.2, 0) is 6.54 Å². The molecule has 0 saturated heterocycles. The molecule has 0 atom stereocenters. The quantitative estimate of drug-likeness (QED) is 0.870. The molecular weight excluding hydrogens is 224 g/mol. The molecule has 0 bridgehead atoms. The van der Waals surface area contributed by atoms with Crippen molar-refractivity contribution < 1.29 is 5.11 Å². The average Bonchev–Trinajstić information content (AvgIpc) is 2.37. The first-order valence-electron chi connectivity index (χ1n) is 5.94. The Morgan fingerprint density at radius 1 is 1.17 bits per heavy atom. The lowest BCUT2D eigenvalue weighted by Gasteiger charge is -2.22. The van der Waals surface area contributed by atoms with E-state index in [0.717, 1.165) is 16.9 Å². The SMILES string of the molecule is Cc1ccc(N(C)c2cccc(O)c2)c(CN)c1. The van der Waals surface area contributed by atoms with Crippen LogP contribution in [-0.4, -0.2) is 12.2 Å².